The molecule has 0 spiro atoms. The van der Waals surface area contributed by atoms with Crippen molar-refractivity contribution in [1.29, 1.82) is 0 Å². The second kappa shape index (κ2) is 2.98. The maximum absolute atomic E-state index is 10.4. The highest BCUT2D eigenvalue weighted by Crippen LogP contribution is 2.18. The molecule has 0 bridgehead atoms. The van der Waals surface area contributed by atoms with Crippen LogP contribution in [0.25, 0.3) is 0 Å². The van der Waals surface area contributed by atoms with Gasteiger partial charge in [0.05, 0.1) is 0 Å². The highest BCUT2D eigenvalue weighted by Gasteiger charge is 2.29. The monoisotopic (exact) mass is 146 g/mol. The van der Waals surface area contributed by atoms with Crippen LogP contribution in [-0.4, -0.2) is 17.1 Å². The Bertz CT molecular complexity index is 128. The second-order valence-electron chi connectivity index (χ2n) is 3.30. The highest BCUT2D eigenvalue weighted by molar-refractivity contribution is 5.74. The van der Waals surface area contributed by atoms with Gasteiger partial charge in [0.15, 0.2) is 0 Å². The van der Waals surface area contributed by atoms with E-state index < -0.39 is 12.0 Å². The number of carboxylic acid groups (broad SMARTS) is 1. The van der Waals surface area contributed by atoms with Crippen molar-refractivity contribution < 1.29 is 9.90 Å². The molecule has 4 N–H and O–H groups in total. The van der Waals surface area contributed by atoms with Gasteiger partial charge in [0.1, 0.15) is 6.04 Å². The molecule has 1 unspecified atom stereocenters. The molecule has 0 saturated heterocycles. The number of hydrogen-bond acceptors (Lipinski definition) is 3. The fourth-order valence-electron chi connectivity index (χ4n) is 0.692. The molecule has 0 aromatic carbocycles. The van der Waals surface area contributed by atoms with Gasteiger partial charge in [-0.15, -0.1) is 0 Å². The lowest BCUT2D eigenvalue weighted by Crippen LogP contribution is -2.49. The fourth-order valence-corrected chi connectivity index (χ4v) is 0.692. The summed E-state index contributed by atoms with van der Waals surface area (Å²) in [6.45, 7) is 5.43. The van der Waals surface area contributed by atoms with E-state index in [-0.39, 0.29) is 5.41 Å². The molecule has 10 heavy (non-hydrogen) atoms. The molecular weight excluding hydrogens is 132 g/mol. The molecule has 0 aromatic heterocycles. The Morgan fingerprint density at radius 3 is 2.00 bits per heavy atom. The summed E-state index contributed by atoms with van der Waals surface area (Å²) >= 11 is 0. The molecule has 4 nitrogen and oxygen atoms in total. The van der Waals surface area contributed by atoms with Crippen molar-refractivity contribution in [2.24, 2.45) is 11.3 Å². The lowest BCUT2D eigenvalue weighted by Gasteiger charge is -2.25. The first-order valence-electron chi connectivity index (χ1n) is 3.08. The first-order chi connectivity index (χ1) is 4.39. The Morgan fingerprint density at radius 1 is 1.60 bits per heavy atom. The zero-order valence-electron chi connectivity index (χ0n) is 6.51. The molecule has 0 aliphatic rings. The normalized spacial score (nSPS) is 14.8. The number of nitrogens with one attached hydrogen (secondary N) is 1. The zero-order chi connectivity index (χ0) is 8.36. The highest BCUT2D eigenvalue weighted by atomic mass is 16.4. The topological polar surface area (TPSA) is 75.3 Å². The second-order valence-corrected chi connectivity index (χ2v) is 3.30. The van der Waals surface area contributed by atoms with Crippen LogP contribution in [0, 0.1) is 5.41 Å². The fraction of sp³-hybridized carbons (Fsp3) is 0.833. The summed E-state index contributed by atoms with van der Waals surface area (Å²) in [5, 5.41) is 8.57. The van der Waals surface area contributed by atoms with Gasteiger partial charge < -0.3 is 5.11 Å². The standard InChI is InChI=1S/C6H14N2O2/c1-6(2,3)4(8-7)5(9)10/h4,8H,7H2,1-3H3,(H,9,10). The third-order valence-corrected chi connectivity index (χ3v) is 1.28. The minimum absolute atomic E-state index is 0.347. The van der Waals surface area contributed by atoms with E-state index >= 15 is 0 Å². The van der Waals surface area contributed by atoms with Crippen LogP contribution < -0.4 is 11.3 Å². The number of nitrogens with two attached hydrogens (primary N) is 1. The van der Waals surface area contributed by atoms with Crippen molar-refractivity contribution in [2.75, 3.05) is 0 Å². The summed E-state index contributed by atoms with van der Waals surface area (Å²) in [5.41, 5.74) is 1.90. The first kappa shape index (κ1) is 9.39. The third-order valence-electron chi connectivity index (χ3n) is 1.28. The molecule has 0 radical (unpaired) electrons. The van der Waals surface area contributed by atoms with Crippen LogP contribution in [0.5, 0.6) is 0 Å². The van der Waals surface area contributed by atoms with Crippen molar-refractivity contribution in [3.63, 3.8) is 0 Å². The van der Waals surface area contributed by atoms with Gasteiger partial charge in [-0.05, 0) is 5.41 Å². The van der Waals surface area contributed by atoms with E-state index in [4.69, 9.17) is 10.9 Å². The Kier molecular flexibility index (Phi) is 2.80. The molecule has 0 fully saturated rings. The lowest BCUT2D eigenvalue weighted by molar-refractivity contribution is -0.142. The maximum atomic E-state index is 10.4. The number of hydrogen-bond donors (Lipinski definition) is 3. The largest absolute Gasteiger partial charge is 0.480 e. The molecule has 1 atom stereocenters. The molecule has 0 aliphatic carbocycles. The van der Waals surface area contributed by atoms with Crippen molar-refractivity contribution in [3.05, 3.63) is 0 Å². The Balaban J connectivity index is 4.22. The summed E-state index contributed by atoms with van der Waals surface area (Å²) in [5.74, 6) is 4.11. The predicted octanol–water partition coefficient (Wildman–Crippen LogP) is -0.0510. The van der Waals surface area contributed by atoms with Gasteiger partial charge >= 0.3 is 5.97 Å². The van der Waals surface area contributed by atoms with E-state index in [0.29, 0.717) is 0 Å². The van der Waals surface area contributed by atoms with Crippen LogP contribution >= 0.6 is 0 Å². The van der Waals surface area contributed by atoms with Crippen molar-refractivity contribution in [2.45, 2.75) is 26.8 Å². The SMILES string of the molecule is CC(C)(C)C(NN)C(=O)O. The van der Waals surface area contributed by atoms with E-state index in [2.05, 4.69) is 5.43 Å². The molecule has 0 aromatic rings. The van der Waals surface area contributed by atoms with Crippen molar-refractivity contribution >= 4 is 5.97 Å². The van der Waals surface area contributed by atoms with Gasteiger partial charge in [0.25, 0.3) is 0 Å². The predicted molar refractivity (Wildman–Crippen MR) is 38.2 cm³/mol. The quantitative estimate of drug-likeness (QED) is 0.377. The summed E-state index contributed by atoms with van der Waals surface area (Å²) in [6, 6.07) is -0.688. The van der Waals surface area contributed by atoms with Crippen LogP contribution in [0.1, 0.15) is 20.8 Å². The molecule has 0 saturated carbocycles. The van der Waals surface area contributed by atoms with Crippen LogP contribution in [-0.2, 0) is 4.79 Å². The van der Waals surface area contributed by atoms with E-state index in [1.54, 1.807) is 0 Å². The Hall–Kier alpha value is -0.610. The van der Waals surface area contributed by atoms with Gasteiger partial charge in [-0.2, -0.15) is 0 Å². The number of rotatable bonds is 2. The minimum atomic E-state index is -0.921. The lowest BCUT2D eigenvalue weighted by atomic mass is 9.87. The van der Waals surface area contributed by atoms with Gasteiger partial charge in [-0.25, -0.2) is 5.43 Å². The van der Waals surface area contributed by atoms with E-state index in [0.717, 1.165) is 0 Å². The van der Waals surface area contributed by atoms with Gasteiger partial charge in [0.2, 0.25) is 0 Å². The Morgan fingerprint density at radius 2 is 2.00 bits per heavy atom. The van der Waals surface area contributed by atoms with Gasteiger partial charge in [0, 0.05) is 0 Å². The molecular formula is C6H14N2O2. The third kappa shape index (κ3) is 2.33. The van der Waals surface area contributed by atoms with Crippen LogP contribution in [0.4, 0.5) is 0 Å². The van der Waals surface area contributed by atoms with Crippen LogP contribution in [0.3, 0.4) is 0 Å². The molecule has 4 heteroatoms. The number of carbonyl (C=O) groups is 1. The summed E-state index contributed by atoms with van der Waals surface area (Å²) in [7, 11) is 0. The van der Waals surface area contributed by atoms with Crippen LogP contribution in [0.2, 0.25) is 0 Å². The van der Waals surface area contributed by atoms with Crippen molar-refractivity contribution in [1.82, 2.24) is 5.43 Å². The number of carboxylic acids is 1. The minimum Gasteiger partial charge on any atom is -0.480 e. The first-order valence-corrected chi connectivity index (χ1v) is 3.08. The van der Waals surface area contributed by atoms with E-state index in [9.17, 15) is 4.79 Å². The Labute approximate surface area is 60.4 Å². The number of aliphatic carboxylic acids is 1. The summed E-state index contributed by atoms with van der Waals surface area (Å²) in [6.07, 6.45) is 0. The van der Waals surface area contributed by atoms with E-state index in [1.807, 2.05) is 20.8 Å². The summed E-state index contributed by atoms with van der Waals surface area (Å²) < 4.78 is 0. The average molecular weight is 146 g/mol. The van der Waals surface area contributed by atoms with E-state index in [1.165, 1.54) is 0 Å². The van der Waals surface area contributed by atoms with Gasteiger partial charge in [-0.3, -0.25) is 10.6 Å². The zero-order valence-corrected chi connectivity index (χ0v) is 6.51. The maximum Gasteiger partial charge on any atom is 0.322 e. The van der Waals surface area contributed by atoms with Crippen molar-refractivity contribution in [3.8, 4) is 0 Å². The molecule has 0 rings (SSSR count). The van der Waals surface area contributed by atoms with Crippen LogP contribution in [0.15, 0.2) is 0 Å². The number of hydrazine groups is 1. The smallest absolute Gasteiger partial charge is 0.322 e. The van der Waals surface area contributed by atoms with Gasteiger partial charge in [-0.1, -0.05) is 20.8 Å². The summed E-state index contributed by atoms with van der Waals surface area (Å²) in [4.78, 5) is 10.4. The molecule has 60 valence electrons. The molecule has 0 amide bonds. The molecule has 0 heterocycles. The molecule has 0 aliphatic heterocycles. The average Bonchev–Trinajstić information content (AvgIpc) is 1.60.